The van der Waals surface area contributed by atoms with E-state index in [4.69, 9.17) is 14.5 Å². The van der Waals surface area contributed by atoms with E-state index < -0.39 is 37.6 Å². The lowest BCUT2D eigenvalue weighted by atomic mass is 9.99. The van der Waals surface area contributed by atoms with Gasteiger partial charge >= 0.3 is 20.1 Å². The van der Waals surface area contributed by atoms with Crippen molar-refractivity contribution in [3.63, 3.8) is 0 Å². The number of phosphoric ester groups is 1. The van der Waals surface area contributed by atoms with E-state index >= 15 is 0 Å². The highest BCUT2D eigenvalue weighted by molar-refractivity contribution is 7.46. The molecule has 9 nitrogen and oxygen atoms in total. The molecular weight excluding hydrogens is 589 g/mol. The van der Waals surface area contributed by atoms with Gasteiger partial charge in [0.2, 0.25) is 17.1 Å². The number of thiazole rings is 1. The summed E-state index contributed by atoms with van der Waals surface area (Å²) in [6.45, 7) is 0.884. The summed E-state index contributed by atoms with van der Waals surface area (Å²) in [6, 6.07) is 6.27. The molecule has 1 aromatic carbocycles. The summed E-state index contributed by atoms with van der Waals surface area (Å²) >= 11 is 0.366. The molecule has 2 N–H and O–H groups in total. The van der Waals surface area contributed by atoms with Crippen LogP contribution in [0, 0.1) is 5.13 Å². The summed E-state index contributed by atoms with van der Waals surface area (Å²) in [5.41, 5.74) is -1.22. The fourth-order valence-electron chi connectivity index (χ4n) is 4.03. The van der Waals surface area contributed by atoms with Gasteiger partial charge in [-0.1, -0.05) is 62.9 Å². The molecule has 2 aromatic heterocycles. The summed E-state index contributed by atoms with van der Waals surface area (Å²) in [7, 11) is -5.02. The summed E-state index contributed by atoms with van der Waals surface area (Å²) in [6.07, 6.45) is 3.35. The van der Waals surface area contributed by atoms with Gasteiger partial charge in [-0.15, -0.1) is 0 Å². The van der Waals surface area contributed by atoms with Gasteiger partial charge in [-0.25, -0.2) is 23.8 Å². The fraction of sp³-hybridized carbons (Fsp3) is 0.423. The highest BCUT2D eigenvalue weighted by Crippen LogP contribution is 2.40. The molecule has 15 heteroatoms. The monoisotopic (exact) mass is 619 g/mol. The number of ether oxygens (including phenoxy) is 1. The van der Waals surface area contributed by atoms with E-state index in [1.54, 1.807) is 0 Å². The number of rotatable bonds is 14. The zero-order valence-corrected chi connectivity index (χ0v) is 23.9. The number of halogens is 4. The van der Waals surface area contributed by atoms with Gasteiger partial charge < -0.3 is 14.5 Å². The Morgan fingerprint density at radius 2 is 1.80 bits per heavy atom. The number of carbonyl (C=O) groups is 1. The third kappa shape index (κ3) is 9.86. The average molecular weight is 620 g/mol. The number of aryl methyl sites for hydroxylation is 1. The molecule has 3 aromatic rings. The third-order valence-corrected chi connectivity index (χ3v) is 7.26. The molecule has 3 rings (SSSR count). The Labute approximate surface area is 238 Å². The van der Waals surface area contributed by atoms with Crippen molar-refractivity contribution in [1.29, 1.82) is 0 Å². The van der Waals surface area contributed by atoms with Crippen molar-refractivity contribution >= 4 is 36.1 Å². The molecule has 0 atom stereocenters. The number of benzene rings is 1. The molecule has 224 valence electrons. The molecule has 0 bridgehead atoms. The van der Waals surface area contributed by atoms with E-state index in [9.17, 15) is 26.9 Å². The SMILES string of the molecule is CCCCCCCCCc1ccc(N(C(=O)OCOP(=O)(O)O)c2nc(-c3cccnc3)c(F)s2)cc1C(F)(F)F. The van der Waals surface area contributed by atoms with Gasteiger partial charge in [0.15, 0.2) is 0 Å². The second kappa shape index (κ2) is 14.8. The maximum Gasteiger partial charge on any atom is 0.472 e. The van der Waals surface area contributed by atoms with Crippen LogP contribution in [0.2, 0.25) is 0 Å². The number of anilines is 2. The Kier molecular flexibility index (Phi) is 11.8. The normalized spacial score (nSPS) is 12.0. The Bertz CT molecular complexity index is 1340. The molecule has 0 unspecified atom stereocenters. The molecule has 1 amide bonds. The minimum Gasteiger partial charge on any atom is -0.421 e. The van der Waals surface area contributed by atoms with Gasteiger partial charge in [0.25, 0.3) is 0 Å². The molecule has 2 heterocycles. The third-order valence-electron chi connectivity index (χ3n) is 5.99. The van der Waals surface area contributed by atoms with Crippen LogP contribution in [-0.2, 0) is 26.4 Å². The molecule has 0 radical (unpaired) electrons. The summed E-state index contributed by atoms with van der Waals surface area (Å²) < 4.78 is 77.1. The summed E-state index contributed by atoms with van der Waals surface area (Å²) in [5.74, 6) is 0. The van der Waals surface area contributed by atoms with Crippen molar-refractivity contribution in [2.45, 2.75) is 64.5 Å². The van der Waals surface area contributed by atoms with E-state index in [1.807, 2.05) is 0 Å². The number of pyridine rings is 1. The summed E-state index contributed by atoms with van der Waals surface area (Å²) in [4.78, 5) is 39.3. The molecule has 0 spiro atoms. The lowest BCUT2D eigenvalue weighted by Crippen LogP contribution is -2.28. The molecule has 0 fully saturated rings. The number of unbranched alkanes of at least 4 members (excludes halogenated alkanes) is 6. The average Bonchev–Trinajstić information content (AvgIpc) is 3.28. The van der Waals surface area contributed by atoms with E-state index in [1.165, 1.54) is 36.7 Å². The highest BCUT2D eigenvalue weighted by atomic mass is 32.1. The predicted molar refractivity (Wildman–Crippen MR) is 145 cm³/mol. The van der Waals surface area contributed by atoms with Crippen LogP contribution in [0.15, 0.2) is 42.7 Å². The van der Waals surface area contributed by atoms with Crippen LogP contribution < -0.4 is 4.90 Å². The number of amides is 1. The second-order valence-electron chi connectivity index (χ2n) is 9.05. The molecule has 41 heavy (non-hydrogen) atoms. The van der Waals surface area contributed by atoms with Gasteiger partial charge in [-0.3, -0.25) is 4.98 Å². The highest BCUT2D eigenvalue weighted by Gasteiger charge is 2.35. The first kappa shape index (κ1) is 32.6. The van der Waals surface area contributed by atoms with Crippen LogP contribution in [0.4, 0.5) is 33.2 Å². The minimum atomic E-state index is -5.02. The number of alkyl halides is 3. The van der Waals surface area contributed by atoms with Crippen LogP contribution in [0.1, 0.15) is 63.0 Å². The lowest BCUT2D eigenvalue weighted by Gasteiger charge is -2.22. The van der Waals surface area contributed by atoms with Crippen molar-refractivity contribution in [2.24, 2.45) is 0 Å². The number of aromatic nitrogens is 2. The lowest BCUT2D eigenvalue weighted by molar-refractivity contribution is -0.138. The molecule has 0 aliphatic rings. The zero-order chi connectivity index (χ0) is 30.0. The minimum absolute atomic E-state index is 0.0364. The largest absolute Gasteiger partial charge is 0.472 e. The first-order valence-electron chi connectivity index (χ1n) is 12.8. The Morgan fingerprint density at radius 3 is 2.44 bits per heavy atom. The van der Waals surface area contributed by atoms with Crippen LogP contribution in [0.3, 0.4) is 0 Å². The predicted octanol–water partition coefficient (Wildman–Crippen LogP) is 8.00. The zero-order valence-electron chi connectivity index (χ0n) is 22.1. The fourth-order valence-corrected chi connectivity index (χ4v) is 5.05. The van der Waals surface area contributed by atoms with Crippen molar-refractivity contribution in [2.75, 3.05) is 11.7 Å². The van der Waals surface area contributed by atoms with Gasteiger partial charge in [-0.2, -0.15) is 17.6 Å². The number of hydrogen-bond donors (Lipinski definition) is 2. The first-order valence-corrected chi connectivity index (χ1v) is 15.2. The van der Waals surface area contributed by atoms with E-state index in [2.05, 4.69) is 21.4 Å². The van der Waals surface area contributed by atoms with Crippen LogP contribution >= 0.6 is 19.2 Å². The van der Waals surface area contributed by atoms with Gasteiger partial charge in [0, 0.05) is 18.0 Å². The van der Waals surface area contributed by atoms with Crippen LogP contribution in [0.25, 0.3) is 11.3 Å². The van der Waals surface area contributed by atoms with Gasteiger partial charge in [0.05, 0.1) is 11.3 Å². The van der Waals surface area contributed by atoms with E-state index in [0.717, 1.165) is 44.6 Å². The first-order chi connectivity index (χ1) is 19.4. The molecule has 0 saturated heterocycles. The van der Waals surface area contributed by atoms with Crippen molar-refractivity contribution in [3.8, 4) is 11.3 Å². The molecule has 0 aliphatic heterocycles. The van der Waals surface area contributed by atoms with Gasteiger partial charge in [0.1, 0.15) is 5.69 Å². The number of nitrogens with zero attached hydrogens (tertiary/aromatic N) is 3. The van der Waals surface area contributed by atoms with Crippen molar-refractivity contribution < 1.29 is 46.0 Å². The molecule has 0 saturated carbocycles. The van der Waals surface area contributed by atoms with Crippen molar-refractivity contribution in [3.05, 3.63) is 59.0 Å². The van der Waals surface area contributed by atoms with Gasteiger partial charge in [-0.05, 0) is 42.7 Å². The maximum atomic E-state index is 14.9. The Hall–Kier alpha value is -2.90. The van der Waals surface area contributed by atoms with E-state index in [0.29, 0.717) is 22.7 Å². The van der Waals surface area contributed by atoms with E-state index in [-0.39, 0.29) is 34.1 Å². The maximum absolute atomic E-state index is 14.9. The number of hydrogen-bond acceptors (Lipinski definition) is 7. The van der Waals surface area contributed by atoms with Crippen molar-refractivity contribution in [1.82, 2.24) is 9.97 Å². The number of carbonyl (C=O) groups excluding carboxylic acids is 1. The quantitative estimate of drug-likeness (QED) is 0.0806. The topological polar surface area (TPSA) is 122 Å². The number of phosphoric acid groups is 1. The summed E-state index contributed by atoms with van der Waals surface area (Å²) in [5, 5.41) is -1.22. The smallest absolute Gasteiger partial charge is 0.421 e. The Morgan fingerprint density at radius 1 is 1.10 bits per heavy atom. The molecular formula is C26H30F4N3O6PS. The molecule has 0 aliphatic carbocycles. The van der Waals surface area contributed by atoms with Crippen LogP contribution in [0.5, 0.6) is 0 Å². The Balaban J connectivity index is 1.93. The standard InChI is InChI=1S/C26H30F4N3O6PS/c1-2-3-4-5-6-7-8-10-18-12-13-20(15-21(18)26(28,29)30)33(25(34)38-17-39-40(35,36)37)24-32-22(23(27)41-24)19-11-9-14-31-16-19/h9,11-16H,2-8,10,17H2,1H3,(H2,35,36,37). The second-order valence-corrected chi connectivity index (χ2v) is 11.2. The van der Waals surface area contributed by atoms with Crippen LogP contribution in [-0.4, -0.2) is 32.6 Å².